The molecule has 0 spiro atoms. The van der Waals surface area contributed by atoms with Crippen LogP contribution in [0, 0.1) is 0 Å². The van der Waals surface area contributed by atoms with E-state index < -0.39 is 0 Å². The van der Waals surface area contributed by atoms with Gasteiger partial charge in [-0.05, 0) is 73.0 Å². The number of benzene rings is 3. The monoisotopic (exact) mass is 635 g/mol. The van der Waals surface area contributed by atoms with Crippen LogP contribution in [0.4, 0.5) is 5.82 Å². The van der Waals surface area contributed by atoms with Crippen molar-refractivity contribution < 1.29 is 14.7 Å². The molecule has 10 nitrogen and oxygen atoms in total. The number of hydrogen-bond donors (Lipinski definition) is 2. The molecule has 2 aliphatic heterocycles. The van der Waals surface area contributed by atoms with Gasteiger partial charge in [0.2, 0.25) is 0 Å². The first kappa shape index (κ1) is 29.5. The molecule has 3 aromatic carbocycles. The van der Waals surface area contributed by atoms with Crippen LogP contribution in [0.25, 0.3) is 39.5 Å². The molecule has 2 unspecified atom stereocenters. The number of fused-ring (bicyclic) bond motifs is 3. The Morgan fingerprint density at radius 1 is 0.896 bits per heavy atom. The highest BCUT2D eigenvalue weighted by Crippen LogP contribution is 2.34. The van der Waals surface area contributed by atoms with Crippen LogP contribution in [0.1, 0.15) is 39.1 Å². The van der Waals surface area contributed by atoms with E-state index >= 15 is 0 Å². The van der Waals surface area contributed by atoms with Gasteiger partial charge in [0.1, 0.15) is 17.1 Å². The second-order valence-corrected chi connectivity index (χ2v) is 12.5. The summed E-state index contributed by atoms with van der Waals surface area (Å²) in [5.41, 5.74) is 13.1. The molecular weight excluding hydrogens is 602 g/mol. The number of pyridine rings is 2. The van der Waals surface area contributed by atoms with Gasteiger partial charge in [-0.2, -0.15) is 0 Å². The molecule has 0 aliphatic carbocycles. The molecule has 5 heterocycles. The number of aldehydes is 1. The van der Waals surface area contributed by atoms with Crippen LogP contribution in [-0.4, -0.2) is 71.8 Å². The number of aromatic nitrogens is 4. The molecule has 3 aromatic heterocycles. The Kier molecular flexibility index (Phi) is 7.41. The smallest absolute Gasteiger partial charge is 0.254 e. The first-order chi connectivity index (χ1) is 23.5. The van der Waals surface area contributed by atoms with Crippen molar-refractivity contribution in [2.24, 2.45) is 0 Å². The topological polar surface area (TPSA) is 130 Å². The van der Waals surface area contributed by atoms with E-state index in [4.69, 9.17) is 15.7 Å². The van der Waals surface area contributed by atoms with Crippen molar-refractivity contribution in [1.82, 2.24) is 29.3 Å². The number of carbonyl (C=O) groups is 2. The van der Waals surface area contributed by atoms with E-state index in [1.807, 2.05) is 64.1 Å². The van der Waals surface area contributed by atoms with Crippen LogP contribution in [0.2, 0.25) is 0 Å². The number of anilines is 1. The van der Waals surface area contributed by atoms with Gasteiger partial charge in [-0.25, -0.2) is 15.0 Å². The minimum absolute atomic E-state index is 0.0955. The summed E-state index contributed by atoms with van der Waals surface area (Å²) in [6, 6.07) is 31.0. The summed E-state index contributed by atoms with van der Waals surface area (Å²) in [7, 11) is 0. The molecule has 10 heteroatoms. The Morgan fingerprint density at radius 2 is 1.67 bits per heavy atom. The lowest BCUT2D eigenvalue weighted by Crippen LogP contribution is -2.55. The first-order valence-electron chi connectivity index (χ1n) is 16.0. The van der Waals surface area contributed by atoms with Gasteiger partial charge >= 0.3 is 0 Å². The predicted octanol–water partition coefficient (Wildman–Crippen LogP) is 5.74. The van der Waals surface area contributed by atoms with Crippen molar-refractivity contribution in [2.45, 2.75) is 31.5 Å². The van der Waals surface area contributed by atoms with E-state index in [2.05, 4.69) is 34.1 Å². The maximum atomic E-state index is 13.5. The van der Waals surface area contributed by atoms with Crippen molar-refractivity contribution in [2.75, 3.05) is 18.8 Å². The first-order valence-corrected chi connectivity index (χ1v) is 16.0. The third kappa shape index (κ3) is 5.26. The summed E-state index contributed by atoms with van der Waals surface area (Å²) in [4.78, 5) is 43.3. The number of nitrogen functional groups attached to an aromatic ring is 1. The van der Waals surface area contributed by atoms with E-state index in [9.17, 15) is 14.7 Å². The average molecular weight is 636 g/mol. The van der Waals surface area contributed by atoms with Crippen LogP contribution in [0.5, 0.6) is 5.75 Å². The number of amides is 1. The molecule has 0 radical (unpaired) electrons. The summed E-state index contributed by atoms with van der Waals surface area (Å²) in [5, 5.41) is 10.1. The number of phenols is 1. The minimum Gasteiger partial charge on any atom is -0.507 e. The van der Waals surface area contributed by atoms with Gasteiger partial charge in [-0.15, -0.1) is 0 Å². The van der Waals surface area contributed by atoms with Gasteiger partial charge in [-0.3, -0.25) is 19.1 Å². The average Bonchev–Trinajstić information content (AvgIpc) is 3.62. The SMILES string of the molecule is Nc1ncccc1-c1nc2ccc(-c3ccccc3)nc2n1-c1ccc(CN2CC3CCC(C2)N3C(=O)c2ccc(C=O)c(O)c2)cc1. The van der Waals surface area contributed by atoms with Crippen molar-refractivity contribution in [3.8, 4) is 34.1 Å². The summed E-state index contributed by atoms with van der Waals surface area (Å²) in [6.45, 7) is 2.30. The number of nitrogens with zero attached hydrogens (tertiary/aromatic N) is 6. The minimum atomic E-state index is -0.169. The number of piperazine rings is 1. The standard InChI is InChI=1S/C38H33N7O3/c39-35-31(7-4-18-40-35)36-42-33-17-16-32(25-5-2-1-3-6-25)41-37(33)45(36)28-12-8-24(9-13-28)20-43-21-29-14-15-30(22-43)44(29)38(48)26-10-11-27(23-46)34(47)19-26/h1-13,16-19,23,29-30,47H,14-15,20-22H2,(H2,39,40). The van der Waals surface area contributed by atoms with Gasteiger partial charge in [0.15, 0.2) is 17.8 Å². The van der Waals surface area contributed by atoms with Crippen LogP contribution in [-0.2, 0) is 6.54 Å². The highest BCUT2D eigenvalue weighted by Gasteiger charge is 2.42. The number of aromatic hydroxyl groups is 1. The van der Waals surface area contributed by atoms with Crippen LogP contribution in [0.3, 0.4) is 0 Å². The lowest BCUT2D eigenvalue weighted by Gasteiger charge is -2.41. The van der Waals surface area contributed by atoms with Gasteiger partial charge in [0.05, 0.1) is 16.8 Å². The second kappa shape index (κ2) is 12.1. The number of carbonyl (C=O) groups excluding carboxylic acids is 2. The fourth-order valence-electron chi connectivity index (χ4n) is 7.14. The molecule has 2 fully saturated rings. The van der Waals surface area contributed by atoms with Crippen molar-refractivity contribution in [3.63, 3.8) is 0 Å². The normalized spacial score (nSPS) is 17.5. The summed E-state index contributed by atoms with van der Waals surface area (Å²) in [6.07, 6.45) is 4.14. The van der Waals surface area contributed by atoms with E-state index in [0.717, 1.165) is 71.7 Å². The van der Waals surface area contributed by atoms with E-state index in [1.54, 1.807) is 12.3 Å². The Balaban J connectivity index is 1.06. The zero-order chi connectivity index (χ0) is 32.8. The second-order valence-electron chi connectivity index (χ2n) is 12.5. The summed E-state index contributed by atoms with van der Waals surface area (Å²) >= 11 is 0. The summed E-state index contributed by atoms with van der Waals surface area (Å²) < 4.78 is 2.04. The molecule has 48 heavy (non-hydrogen) atoms. The Labute approximate surface area is 277 Å². The number of imidazole rings is 1. The van der Waals surface area contributed by atoms with Crippen LogP contribution < -0.4 is 5.73 Å². The summed E-state index contributed by atoms with van der Waals surface area (Å²) in [5.74, 6) is 0.807. The largest absolute Gasteiger partial charge is 0.507 e. The predicted molar refractivity (Wildman–Crippen MR) is 184 cm³/mol. The van der Waals surface area contributed by atoms with E-state index in [1.165, 1.54) is 12.1 Å². The molecule has 3 N–H and O–H groups in total. The molecule has 1 amide bonds. The van der Waals surface area contributed by atoms with Gasteiger partial charge in [-0.1, -0.05) is 42.5 Å². The lowest BCUT2D eigenvalue weighted by molar-refractivity contribution is 0.0404. The number of likely N-dealkylation sites (tertiary alicyclic amines) is 1. The zero-order valence-corrected chi connectivity index (χ0v) is 26.1. The number of hydrogen-bond acceptors (Lipinski definition) is 8. The third-order valence-electron chi connectivity index (χ3n) is 9.45. The number of phenolic OH excluding ortho intramolecular Hbond substituents is 1. The molecule has 0 saturated carbocycles. The number of rotatable bonds is 7. The highest BCUT2D eigenvalue weighted by atomic mass is 16.3. The highest BCUT2D eigenvalue weighted by molar-refractivity contribution is 5.96. The Morgan fingerprint density at radius 3 is 2.38 bits per heavy atom. The molecule has 2 aliphatic rings. The van der Waals surface area contributed by atoms with Gasteiger partial charge in [0, 0.05) is 54.7 Å². The molecular formula is C38H33N7O3. The maximum absolute atomic E-state index is 13.5. The van der Waals surface area contributed by atoms with E-state index in [-0.39, 0.29) is 29.3 Å². The molecule has 2 saturated heterocycles. The molecule has 238 valence electrons. The molecule has 8 rings (SSSR count). The zero-order valence-electron chi connectivity index (χ0n) is 26.1. The Bertz CT molecular complexity index is 2150. The fraction of sp³-hybridized carbons (Fsp3) is 0.184. The fourth-order valence-corrected chi connectivity index (χ4v) is 7.14. The van der Waals surface area contributed by atoms with Gasteiger partial charge < -0.3 is 15.7 Å². The quantitative estimate of drug-likeness (QED) is 0.213. The Hall–Kier alpha value is -5.87. The van der Waals surface area contributed by atoms with Crippen LogP contribution >= 0.6 is 0 Å². The van der Waals surface area contributed by atoms with Gasteiger partial charge in [0.25, 0.3) is 5.91 Å². The van der Waals surface area contributed by atoms with Crippen LogP contribution in [0.15, 0.2) is 103 Å². The van der Waals surface area contributed by atoms with Crippen molar-refractivity contribution >= 4 is 29.2 Å². The molecule has 6 aromatic rings. The van der Waals surface area contributed by atoms with E-state index in [0.29, 0.717) is 23.5 Å². The molecule has 2 atom stereocenters. The molecule has 2 bridgehead atoms. The lowest BCUT2D eigenvalue weighted by atomic mass is 10.1. The maximum Gasteiger partial charge on any atom is 0.254 e. The van der Waals surface area contributed by atoms with Crippen molar-refractivity contribution in [3.05, 3.63) is 120 Å². The van der Waals surface area contributed by atoms with Crippen molar-refractivity contribution in [1.29, 1.82) is 0 Å². The number of nitrogens with two attached hydrogens (primary N) is 1. The third-order valence-corrected chi connectivity index (χ3v) is 9.45.